The van der Waals surface area contributed by atoms with Gasteiger partial charge in [0.2, 0.25) is 0 Å². The Balaban J connectivity index is 1.53. The first kappa shape index (κ1) is 21.0. The van der Waals surface area contributed by atoms with Gasteiger partial charge in [-0.1, -0.05) is 0 Å². The molecule has 2 aliphatic rings. The number of ether oxygens (including phenoxy) is 3. The van der Waals surface area contributed by atoms with Crippen LogP contribution in [-0.4, -0.2) is 59.5 Å². The zero-order chi connectivity index (χ0) is 23.6. The van der Waals surface area contributed by atoms with Crippen LogP contribution in [0.5, 0.6) is 11.5 Å². The van der Waals surface area contributed by atoms with Crippen LogP contribution in [0.15, 0.2) is 35.3 Å². The quantitative estimate of drug-likeness (QED) is 0.452. The number of imidazole rings is 1. The number of hydrogen-bond donors (Lipinski definition) is 0. The lowest BCUT2D eigenvalue weighted by atomic mass is 9.78. The number of aryl methyl sites for hydroxylation is 2. The fraction of sp³-hybridized carbons (Fsp3) is 0.400. The van der Waals surface area contributed by atoms with Gasteiger partial charge in [0.25, 0.3) is 0 Å². The largest absolute Gasteiger partial charge is 0.497 e. The molecule has 0 aliphatic carbocycles. The lowest BCUT2D eigenvalue weighted by Gasteiger charge is -2.55. The third kappa shape index (κ3) is 3.07. The number of rotatable bonds is 5. The van der Waals surface area contributed by atoms with Crippen molar-refractivity contribution in [1.82, 2.24) is 18.9 Å². The van der Waals surface area contributed by atoms with E-state index >= 15 is 0 Å². The SMILES string of the molecule is COc1cc(Cn2c(=O)n3c(C)c(C)nc3c3ncc(N4CC5(COC5)C4)cc32)cc(OC)c1. The van der Waals surface area contributed by atoms with Gasteiger partial charge in [0.05, 0.1) is 62.5 Å². The highest BCUT2D eigenvalue weighted by atomic mass is 16.5. The number of methoxy groups -OCH3 is 2. The van der Waals surface area contributed by atoms with Gasteiger partial charge in [0.1, 0.15) is 17.0 Å². The van der Waals surface area contributed by atoms with Crippen molar-refractivity contribution in [3.05, 3.63) is 57.9 Å². The summed E-state index contributed by atoms with van der Waals surface area (Å²) in [5.74, 6) is 1.35. The van der Waals surface area contributed by atoms with Crippen LogP contribution in [0, 0.1) is 19.3 Å². The molecule has 0 N–H and O–H groups in total. The van der Waals surface area contributed by atoms with Crippen LogP contribution in [-0.2, 0) is 11.3 Å². The van der Waals surface area contributed by atoms with E-state index in [0.29, 0.717) is 29.2 Å². The van der Waals surface area contributed by atoms with Crippen LogP contribution in [0.25, 0.3) is 16.7 Å². The molecule has 0 bridgehead atoms. The number of pyridine rings is 1. The summed E-state index contributed by atoms with van der Waals surface area (Å²) in [4.78, 5) is 25.6. The van der Waals surface area contributed by atoms with Crippen molar-refractivity contribution in [2.75, 3.05) is 45.4 Å². The molecular formula is C25H27N5O4. The van der Waals surface area contributed by atoms with Crippen molar-refractivity contribution in [3.63, 3.8) is 0 Å². The lowest BCUT2D eigenvalue weighted by molar-refractivity contribution is -0.127. The summed E-state index contributed by atoms with van der Waals surface area (Å²) in [5.41, 5.74) is 5.73. The monoisotopic (exact) mass is 461 g/mol. The van der Waals surface area contributed by atoms with Crippen LogP contribution in [0.3, 0.4) is 0 Å². The predicted octanol–water partition coefficient (Wildman–Crippen LogP) is 2.56. The van der Waals surface area contributed by atoms with Gasteiger partial charge < -0.3 is 19.1 Å². The molecule has 0 atom stereocenters. The summed E-state index contributed by atoms with van der Waals surface area (Å²) in [5, 5.41) is 0. The number of hydrogen-bond acceptors (Lipinski definition) is 7. The summed E-state index contributed by atoms with van der Waals surface area (Å²) < 4.78 is 19.7. The Hall–Kier alpha value is -3.59. The Morgan fingerprint density at radius 3 is 2.38 bits per heavy atom. The molecule has 5 heterocycles. The molecule has 176 valence electrons. The Kier molecular flexibility index (Phi) is 4.60. The second-order valence-electron chi connectivity index (χ2n) is 9.44. The van der Waals surface area contributed by atoms with Crippen LogP contribution in [0.4, 0.5) is 5.69 Å². The molecule has 4 aromatic rings. The van der Waals surface area contributed by atoms with Gasteiger partial charge in [-0.05, 0) is 37.6 Å². The minimum Gasteiger partial charge on any atom is -0.497 e. The van der Waals surface area contributed by atoms with Gasteiger partial charge in [0, 0.05) is 24.8 Å². The van der Waals surface area contributed by atoms with Crippen molar-refractivity contribution < 1.29 is 14.2 Å². The van der Waals surface area contributed by atoms with Crippen molar-refractivity contribution in [1.29, 1.82) is 0 Å². The third-order valence-corrected chi connectivity index (χ3v) is 7.11. The zero-order valence-electron chi connectivity index (χ0n) is 19.8. The molecule has 3 aromatic heterocycles. The highest BCUT2D eigenvalue weighted by Crippen LogP contribution is 2.40. The molecule has 34 heavy (non-hydrogen) atoms. The number of fused-ring (bicyclic) bond motifs is 3. The minimum absolute atomic E-state index is 0.145. The molecule has 2 aliphatic heterocycles. The van der Waals surface area contributed by atoms with E-state index in [4.69, 9.17) is 19.2 Å². The maximum Gasteiger partial charge on any atom is 0.335 e. The van der Waals surface area contributed by atoms with Crippen molar-refractivity contribution in [3.8, 4) is 11.5 Å². The number of nitrogens with zero attached hydrogens (tertiary/aromatic N) is 5. The van der Waals surface area contributed by atoms with Gasteiger partial charge in [0.15, 0.2) is 5.65 Å². The van der Waals surface area contributed by atoms with Gasteiger partial charge >= 0.3 is 5.69 Å². The number of aromatic nitrogens is 4. The van der Waals surface area contributed by atoms with E-state index in [1.54, 1.807) is 23.2 Å². The maximum atomic E-state index is 13.8. The first-order valence-corrected chi connectivity index (χ1v) is 11.3. The van der Waals surface area contributed by atoms with E-state index < -0.39 is 0 Å². The predicted molar refractivity (Wildman–Crippen MR) is 128 cm³/mol. The maximum absolute atomic E-state index is 13.8. The Bertz CT molecular complexity index is 1470. The Morgan fingerprint density at radius 1 is 1.06 bits per heavy atom. The van der Waals surface area contributed by atoms with E-state index in [2.05, 4.69) is 16.0 Å². The third-order valence-electron chi connectivity index (χ3n) is 7.11. The summed E-state index contributed by atoms with van der Waals surface area (Å²) in [6.45, 7) is 7.71. The van der Waals surface area contributed by atoms with Crippen molar-refractivity contribution >= 4 is 22.4 Å². The van der Waals surface area contributed by atoms with Crippen molar-refractivity contribution in [2.45, 2.75) is 20.4 Å². The molecule has 2 fully saturated rings. The van der Waals surface area contributed by atoms with E-state index in [1.807, 2.05) is 38.2 Å². The molecule has 9 nitrogen and oxygen atoms in total. The van der Waals surface area contributed by atoms with Crippen LogP contribution < -0.4 is 20.1 Å². The average Bonchev–Trinajstić information content (AvgIpc) is 3.08. The van der Waals surface area contributed by atoms with E-state index in [0.717, 1.165) is 54.5 Å². The van der Waals surface area contributed by atoms with Gasteiger partial charge in [-0.2, -0.15) is 0 Å². The van der Waals surface area contributed by atoms with Gasteiger partial charge in [-0.15, -0.1) is 0 Å². The minimum atomic E-state index is -0.145. The fourth-order valence-corrected chi connectivity index (χ4v) is 5.03. The summed E-state index contributed by atoms with van der Waals surface area (Å²) in [7, 11) is 3.24. The van der Waals surface area contributed by atoms with Gasteiger partial charge in [-0.3, -0.25) is 4.57 Å². The molecule has 6 rings (SSSR count). The molecular weight excluding hydrogens is 434 g/mol. The van der Waals surface area contributed by atoms with E-state index in [-0.39, 0.29) is 11.1 Å². The van der Waals surface area contributed by atoms with E-state index in [1.165, 1.54) is 0 Å². The standard InChI is InChI=1S/C25H27N5O4/c1-15-16(2)30-23(27-15)22-21(7-18(9-26-22)28-11-25(12-28)13-34-14-25)29(24(30)31)10-17-5-19(32-3)8-20(6-17)33-4/h5-9H,10-14H2,1-4H3. The Morgan fingerprint density at radius 2 is 1.76 bits per heavy atom. The zero-order valence-corrected chi connectivity index (χ0v) is 19.8. The first-order valence-electron chi connectivity index (χ1n) is 11.3. The molecule has 1 spiro atoms. The van der Waals surface area contributed by atoms with Crippen LogP contribution in [0.1, 0.15) is 17.0 Å². The molecule has 0 radical (unpaired) electrons. The van der Waals surface area contributed by atoms with Crippen LogP contribution in [0.2, 0.25) is 0 Å². The summed E-state index contributed by atoms with van der Waals surface area (Å²) in [6, 6.07) is 7.72. The second kappa shape index (κ2) is 7.46. The summed E-state index contributed by atoms with van der Waals surface area (Å²) in [6.07, 6.45) is 1.89. The van der Waals surface area contributed by atoms with E-state index in [9.17, 15) is 4.79 Å². The first-order chi connectivity index (χ1) is 16.4. The lowest BCUT2D eigenvalue weighted by Crippen LogP contribution is -2.66. The fourth-order valence-electron chi connectivity index (χ4n) is 5.03. The normalized spacial score (nSPS) is 16.6. The average molecular weight is 462 g/mol. The molecule has 0 saturated carbocycles. The highest BCUT2D eigenvalue weighted by molar-refractivity contribution is 5.90. The molecule has 0 amide bonds. The molecule has 9 heteroatoms. The summed E-state index contributed by atoms with van der Waals surface area (Å²) >= 11 is 0. The van der Waals surface area contributed by atoms with Crippen LogP contribution >= 0.6 is 0 Å². The highest BCUT2D eigenvalue weighted by Gasteiger charge is 2.49. The van der Waals surface area contributed by atoms with Gasteiger partial charge in [-0.25, -0.2) is 19.2 Å². The topological polar surface area (TPSA) is 83.1 Å². The molecule has 0 unspecified atom stereocenters. The molecule has 2 saturated heterocycles. The second-order valence-corrected chi connectivity index (χ2v) is 9.44. The number of benzene rings is 1. The van der Waals surface area contributed by atoms with Crippen molar-refractivity contribution in [2.24, 2.45) is 5.41 Å². The Labute approximate surface area is 196 Å². The smallest absolute Gasteiger partial charge is 0.335 e. The molecule has 1 aromatic carbocycles. The number of anilines is 1.